The van der Waals surface area contributed by atoms with Crippen LogP contribution in [0.3, 0.4) is 0 Å². The van der Waals surface area contributed by atoms with Gasteiger partial charge in [0.15, 0.2) is 17.7 Å². The van der Waals surface area contributed by atoms with Crippen molar-refractivity contribution in [2.45, 2.75) is 12.5 Å². The predicted molar refractivity (Wildman–Crippen MR) is 55.0 cm³/mol. The van der Waals surface area contributed by atoms with Gasteiger partial charge in [0.25, 0.3) is 0 Å². The Morgan fingerprint density at radius 2 is 2.07 bits per heavy atom. The van der Waals surface area contributed by atoms with Crippen molar-refractivity contribution in [1.29, 1.82) is 0 Å². The lowest BCUT2D eigenvalue weighted by molar-refractivity contribution is 0.0663. The van der Waals surface area contributed by atoms with E-state index >= 15 is 0 Å². The van der Waals surface area contributed by atoms with E-state index in [0.29, 0.717) is 17.5 Å². The zero-order valence-electron chi connectivity index (χ0n) is 8.06. The molecule has 76 valence electrons. The van der Waals surface area contributed by atoms with E-state index in [1.807, 2.05) is 0 Å². The highest BCUT2D eigenvalue weighted by atomic mass is 16.3. The molecule has 0 saturated heterocycles. The molecule has 0 radical (unpaired) electrons. The van der Waals surface area contributed by atoms with Gasteiger partial charge < -0.3 is 5.11 Å². The fraction of sp³-hybridized carbons (Fsp3) is 0.167. The second-order valence-electron chi connectivity index (χ2n) is 3.46. The Morgan fingerprint density at radius 3 is 2.73 bits per heavy atom. The van der Waals surface area contributed by atoms with Gasteiger partial charge in [0.2, 0.25) is 0 Å². The molecule has 1 aliphatic carbocycles. The van der Waals surface area contributed by atoms with Gasteiger partial charge in [0.05, 0.1) is 0 Å². The molecule has 3 nitrogen and oxygen atoms in total. The first-order valence-corrected chi connectivity index (χ1v) is 4.66. The Morgan fingerprint density at radius 1 is 1.33 bits per heavy atom. The number of hydrogen-bond donors (Lipinski definition) is 1. The first-order chi connectivity index (χ1) is 7.16. The molecule has 0 aliphatic heterocycles. The molecule has 0 amide bonds. The third-order valence-electron chi connectivity index (χ3n) is 2.52. The number of benzene rings is 1. The highest BCUT2D eigenvalue weighted by molar-refractivity contribution is 6.29. The number of aliphatic hydroxyl groups excluding tert-OH is 1. The largest absolute Gasteiger partial charge is 0.377 e. The number of Topliss-reactive ketones (excluding diaryl/α,β-unsaturated/α-hetero) is 2. The Labute approximate surface area is 87.0 Å². The van der Waals surface area contributed by atoms with Crippen LogP contribution in [0, 0.1) is 0 Å². The van der Waals surface area contributed by atoms with Crippen LogP contribution < -0.4 is 0 Å². The van der Waals surface area contributed by atoms with Crippen LogP contribution in [-0.2, 0) is 6.42 Å². The normalized spacial score (nSPS) is 19.1. The van der Waals surface area contributed by atoms with Crippen LogP contribution in [0.5, 0.6) is 0 Å². The fourth-order valence-corrected chi connectivity index (χ4v) is 1.83. The summed E-state index contributed by atoms with van der Waals surface area (Å²) in [7, 11) is 0. The van der Waals surface area contributed by atoms with Gasteiger partial charge in [0, 0.05) is 11.1 Å². The number of carbonyl (C=O) groups is 2. The van der Waals surface area contributed by atoms with Crippen LogP contribution in [0.1, 0.15) is 26.3 Å². The van der Waals surface area contributed by atoms with Gasteiger partial charge in [-0.1, -0.05) is 24.3 Å². The molecule has 0 spiro atoms. The molecule has 0 saturated carbocycles. The average molecular weight is 202 g/mol. The fourth-order valence-electron chi connectivity index (χ4n) is 1.83. The van der Waals surface area contributed by atoms with Gasteiger partial charge in [-0.15, -0.1) is 6.58 Å². The Kier molecular flexibility index (Phi) is 2.25. The summed E-state index contributed by atoms with van der Waals surface area (Å²) in [4.78, 5) is 23.1. The van der Waals surface area contributed by atoms with Gasteiger partial charge in [-0.3, -0.25) is 9.59 Å². The van der Waals surface area contributed by atoms with E-state index in [2.05, 4.69) is 6.58 Å². The topological polar surface area (TPSA) is 54.4 Å². The summed E-state index contributed by atoms with van der Waals surface area (Å²) in [5, 5.41) is 9.36. The van der Waals surface area contributed by atoms with E-state index in [1.54, 1.807) is 24.3 Å². The minimum Gasteiger partial charge on any atom is -0.377 e. The highest BCUT2D eigenvalue weighted by Gasteiger charge is 2.38. The Hall–Kier alpha value is -1.74. The summed E-state index contributed by atoms with van der Waals surface area (Å²) in [5.41, 5.74) is 1.43. The van der Waals surface area contributed by atoms with Crippen molar-refractivity contribution in [1.82, 2.24) is 0 Å². The van der Waals surface area contributed by atoms with Crippen molar-refractivity contribution in [2.24, 2.45) is 0 Å². The van der Waals surface area contributed by atoms with Crippen LogP contribution in [-0.4, -0.2) is 22.8 Å². The lowest BCUT2D eigenvalue weighted by Crippen LogP contribution is -2.21. The number of hydrogen-bond acceptors (Lipinski definition) is 3. The third-order valence-corrected chi connectivity index (χ3v) is 2.52. The van der Waals surface area contributed by atoms with Gasteiger partial charge in [-0.25, -0.2) is 0 Å². The molecule has 1 unspecified atom stereocenters. The lowest BCUT2D eigenvalue weighted by Gasteiger charge is -2.02. The number of aliphatic hydroxyl groups is 1. The van der Waals surface area contributed by atoms with E-state index in [1.165, 1.54) is 0 Å². The summed E-state index contributed by atoms with van der Waals surface area (Å²) in [6.07, 6.45) is 0.679. The Bertz CT molecular complexity index is 460. The van der Waals surface area contributed by atoms with Crippen molar-refractivity contribution in [2.75, 3.05) is 0 Å². The molecule has 1 aromatic carbocycles. The summed E-state index contributed by atoms with van der Waals surface area (Å²) < 4.78 is 0. The van der Waals surface area contributed by atoms with Crippen LogP contribution >= 0.6 is 0 Å². The van der Waals surface area contributed by atoms with Crippen molar-refractivity contribution >= 4 is 11.6 Å². The number of carbonyl (C=O) groups excluding carboxylic acids is 2. The second kappa shape index (κ2) is 3.44. The first-order valence-electron chi connectivity index (χ1n) is 4.66. The van der Waals surface area contributed by atoms with E-state index in [4.69, 9.17) is 0 Å². The minimum absolute atomic E-state index is 0.326. The quantitative estimate of drug-likeness (QED) is 0.578. The molecule has 1 aliphatic rings. The van der Waals surface area contributed by atoms with Crippen LogP contribution in [0.4, 0.5) is 0 Å². The zero-order valence-corrected chi connectivity index (χ0v) is 8.06. The van der Waals surface area contributed by atoms with Crippen LogP contribution in [0.2, 0.25) is 0 Å². The van der Waals surface area contributed by atoms with Gasteiger partial charge in [-0.2, -0.15) is 0 Å². The van der Waals surface area contributed by atoms with Gasteiger partial charge >= 0.3 is 0 Å². The molecular formula is C12H10O3. The molecule has 0 bridgehead atoms. The molecule has 0 heterocycles. The third kappa shape index (κ3) is 1.32. The second-order valence-corrected chi connectivity index (χ2v) is 3.46. The monoisotopic (exact) mass is 202 g/mol. The van der Waals surface area contributed by atoms with Crippen molar-refractivity contribution < 1.29 is 14.7 Å². The highest BCUT2D eigenvalue weighted by Crippen LogP contribution is 2.26. The lowest BCUT2D eigenvalue weighted by atomic mass is 10.0. The molecule has 3 heteroatoms. The van der Waals surface area contributed by atoms with E-state index < -0.39 is 17.7 Å². The molecule has 1 aromatic rings. The van der Waals surface area contributed by atoms with Crippen LogP contribution in [0.15, 0.2) is 30.9 Å². The minimum atomic E-state index is -1.51. The van der Waals surface area contributed by atoms with Crippen molar-refractivity contribution in [3.8, 4) is 0 Å². The number of fused-ring (bicyclic) bond motifs is 1. The first kappa shape index (κ1) is 9.80. The molecular weight excluding hydrogens is 192 g/mol. The zero-order chi connectivity index (χ0) is 11.0. The number of ketones is 2. The predicted octanol–water partition coefficient (Wildman–Crippen LogP) is 1.16. The molecule has 1 atom stereocenters. The number of allylic oxidation sites excluding steroid dienone is 1. The molecule has 1 N–H and O–H groups in total. The van der Waals surface area contributed by atoms with E-state index in [-0.39, 0.29) is 0 Å². The van der Waals surface area contributed by atoms with Crippen LogP contribution in [0.25, 0.3) is 0 Å². The summed E-state index contributed by atoms with van der Waals surface area (Å²) in [6, 6.07) is 5.04. The van der Waals surface area contributed by atoms with E-state index in [0.717, 1.165) is 5.56 Å². The maximum atomic E-state index is 11.6. The van der Waals surface area contributed by atoms with Gasteiger partial charge in [0.1, 0.15) is 0 Å². The van der Waals surface area contributed by atoms with Crippen molar-refractivity contribution in [3.63, 3.8) is 0 Å². The smallest absolute Gasteiger partial charge is 0.200 e. The summed E-state index contributed by atoms with van der Waals surface area (Å²) in [5.74, 6) is -0.992. The summed E-state index contributed by atoms with van der Waals surface area (Å²) in [6.45, 7) is 3.59. The summed E-state index contributed by atoms with van der Waals surface area (Å²) >= 11 is 0. The van der Waals surface area contributed by atoms with E-state index in [9.17, 15) is 14.7 Å². The number of rotatable bonds is 2. The standard InChI is InChI=1S/C12H10O3/c1-2-4-7-5-3-6-8-9(7)11(14)12(15)10(8)13/h2-3,5-6,12,15H,1,4H2. The maximum absolute atomic E-state index is 11.6. The van der Waals surface area contributed by atoms with Crippen molar-refractivity contribution in [3.05, 3.63) is 47.5 Å². The molecule has 2 rings (SSSR count). The average Bonchev–Trinajstić information content (AvgIpc) is 2.46. The molecule has 0 aromatic heterocycles. The molecule has 0 fully saturated rings. The SMILES string of the molecule is C=CCc1cccc2c1C(=O)C(O)C2=O. The maximum Gasteiger partial charge on any atom is 0.200 e. The van der Waals surface area contributed by atoms with Gasteiger partial charge in [-0.05, 0) is 12.0 Å². The Balaban J connectivity index is 2.63. The molecule has 15 heavy (non-hydrogen) atoms.